The third-order valence-corrected chi connectivity index (χ3v) is 7.58. The molecule has 4 rings (SSSR count). The number of aromatic nitrogens is 1. The van der Waals surface area contributed by atoms with Crippen molar-refractivity contribution in [2.24, 2.45) is 0 Å². The third-order valence-electron chi connectivity index (χ3n) is 5.76. The average molecular weight is 570 g/mol. The number of nitrogens with one attached hydrogen (secondary N) is 1. The van der Waals surface area contributed by atoms with Gasteiger partial charge in [0, 0.05) is 34.1 Å². The molecule has 0 radical (unpaired) electrons. The largest absolute Gasteiger partial charge is 0.487 e. The molecule has 0 saturated carbocycles. The summed E-state index contributed by atoms with van der Waals surface area (Å²) in [5.74, 6) is 0.0673. The van der Waals surface area contributed by atoms with Gasteiger partial charge < -0.3 is 9.64 Å². The quantitative estimate of drug-likeness (QED) is 0.268. The molecule has 1 aromatic heterocycles. The number of pyridine rings is 1. The van der Waals surface area contributed by atoms with Crippen LogP contribution in [0, 0.1) is 6.92 Å². The van der Waals surface area contributed by atoms with Crippen LogP contribution in [0.3, 0.4) is 0 Å². The number of halogens is 2. The Morgan fingerprint density at radius 1 is 1.03 bits per heavy atom. The molecule has 0 saturated heterocycles. The fourth-order valence-electron chi connectivity index (χ4n) is 3.66. The minimum absolute atomic E-state index is 0.0409. The number of ether oxygens (including phenoxy) is 1. The molecular weight excluding hydrogens is 545 g/mol. The van der Waals surface area contributed by atoms with E-state index in [1.165, 1.54) is 18.0 Å². The summed E-state index contributed by atoms with van der Waals surface area (Å²) < 4.78 is 33.0. The van der Waals surface area contributed by atoms with E-state index in [1.54, 1.807) is 36.4 Å². The molecule has 3 aromatic carbocycles. The molecule has 0 fully saturated rings. The van der Waals surface area contributed by atoms with Gasteiger partial charge in [-0.15, -0.1) is 0 Å². The molecule has 0 atom stereocenters. The number of benzene rings is 3. The van der Waals surface area contributed by atoms with Gasteiger partial charge in [-0.05, 0) is 42.8 Å². The first-order chi connectivity index (χ1) is 18.1. The standard InChI is InChI=1S/C28H25Cl2N3O4S/c1-19-11-12-21-9-6-10-25(28(21)32-19)37-18-22-23(29)13-14-24(27(22)30)33(2)26(34)17-31-38(35,36)16-15-20-7-4-3-5-8-20/h3-16,31H,17-18H2,1-2H3. The molecule has 1 N–H and O–H groups in total. The molecule has 196 valence electrons. The highest BCUT2D eigenvalue weighted by atomic mass is 35.5. The van der Waals surface area contributed by atoms with E-state index in [4.69, 9.17) is 27.9 Å². The second-order valence-electron chi connectivity index (χ2n) is 8.46. The van der Waals surface area contributed by atoms with Gasteiger partial charge in [0.15, 0.2) is 0 Å². The smallest absolute Gasteiger partial charge is 0.241 e. The van der Waals surface area contributed by atoms with Crippen LogP contribution in [-0.4, -0.2) is 32.9 Å². The van der Waals surface area contributed by atoms with Crippen LogP contribution in [-0.2, 0) is 21.4 Å². The zero-order chi connectivity index (χ0) is 27.3. The normalized spacial score (nSPS) is 11.7. The predicted molar refractivity (Wildman–Crippen MR) is 153 cm³/mol. The number of hydrogen-bond acceptors (Lipinski definition) is 5. The van der Waals surface area contributed by atoms with Gasteiger partial charge in [-0.25, -0.2) is 18.1 Å². The number of carbonyl (C=O) groups is 1. The molecule has 1 amide bonds. The summed E-state index contributed by atoms with van der Waals surface area (Å²) in [4.78, 5) is 18.7. The summed E-state index contributed by atoms with van der Waals surface area (Å²) in [6.45, 7) is 1.49. The van der Waals surface area contributed by atoms with Crippen LogP contribution >= 0.6 is 23.2 Å². The molecule has 4 aromatic rings. The maximum absolute atomic E-state index is 12.8. The van der Waals surface area contributed by atoms with Crippen molar-refractivity contribution in [2.45, 2.75) is 13.5 Å². The fourth-order valence-corrected chi connectivity index (χ4v) is 5.02. The van der Waals surface area contributed by atoms with Crippen molar-refractivity contribution in [2.75, 3.05) is 18.5 Å². The topological polar surface area (TPSA) is 88.6 Å². The summed E-state index contributed by atoms with van der Waals surface area (Å²) in [7, 11) is -2.33. The Bertz CT molecular complexity index is 1610. The number of fused-ring (bicyclic) bond motifs is 1. The number of sulfonamides is 1. The van der Waals surface area contributed by atoms with Crippen LogP contribution in [0.5, 0.6) is 5.75 Å². The van der Waals surface area contributed by atoms with E-state index in [9.17, 15) is 13.2 Å². The number of hydrogen-bond donors (Lipinski definition) is 1. The molecular formula is C28H25Cl2N3O4S. The highest BCUT2D eigenvalue weighted by Crippen LogP contribution is 2.35. The minimum Gasteiger partial charge on any atom is -0.487 e. The van der Waals surface area contributed by atoms with Crippen LogP contribution in [0.2, 0.25) is 10.0 Å². The van der Waals surface area contributed by atoms with Crippen molar-refractivity contribution < 1.29 is 17.9 Å². The molecule has 0 unspecified atom stereocenters. The van der Waals surface area contributed by atoms with Crippen molar-refractivity contribution in [1.82, 2.24) is 9.71 Å². The van der Waals surface area contributed by atoms with E-state index < -0.39 is 22.5 Å². The number of rotatable bonds is 9. The Morgan fingerprint density at radius 2 is 1.79 bits per heavy atom. The summed E-state index contributed by atoms with van der Waals surface area (Å²) >= 11 is 13.1. The van der Waals surface area contributed by atoms with Crippen molar-refractivity contribution in [3.05, 3.63) is 105 Å². The fraction of sp³-hybridized carbons (Fsp3) is 0.143. The lowest BCUT2D eigenvalue weighted by Gasteiger charge is -2.21. The Hall–Kier alpha value is -3.43. The lowest BCUT2D eigenvalue weighted by atomic mass is 10.1. The highest BCUT2D eigenvalue weighted by molar-refractivity contribution is 7.92. The second kappa shape index (κ2) is 12.0. The van der Waals surface area contributed by atoms with Crippen molar-refractivity contribution >= 4 is 61.8 Å². The molecule has 38 heavy (non-hydrogen) atoms. The summed E-state index contributed by atoms with van der Waals surface area (Å²) in [6, 6.07) is 21.7. The van der Waals surface area contributed by atoms with Gasteiger partial charge >= 0.3 is 0 Å². The van der Waals surface area contributed by atoms with Gasteiger partial charge in [-0.3, -0.25) is 4.79 Å². The Morgan fingerprint density at radius 3 is 2.55 bits per heavy atom. The molecule has 0 aliphatic rings. The van der Waals surface area contributed by atoms with Crippen LogP contribution in [0.4, 0.5) is 5.69 Å². The number of nitrogens with zero attached hydrogens (tertiary/aromatic N) is 2. The summed E-state index contributed by atoms with van der Waals surface area (Å²) in [5, 5.41) is 2.55. The number of likely N-dealkylation sites (N-methyl/N-ethyl adjacent to an activating group) is 1. The first-order valence-corrected chi connectivity index (χ1v) is 13.9. The number of amides is 1. The summed E-state index contributed by atoms with van der Waals surface area (Å²) in [5.41, 5.74) is 3.15. The van der Waals surface area contributed by atoms with Crippen LogP contribution < -0.4 is 14.4 Å². The van der Waals surface area contributed by atoms with Crippen LogP contribution in [0.15, 0.2) is 78.2 Å². The van der Waals surface area contributed by atoms with Gasteiger partial charge in [-0.1, -0.05) is 71.7 Å². The first-order valence-electron chi connectivity index (χ1n) is 11.6. The number of aryl methyl sites for hydroxylation is 1. The number of para-hydroxylation sites is 1. The van der Waals surface area contributed by atoms with Gasteiger partial charge in [0.25, 0.3) is 0 Å². The average Bonchev–Trinajstić information content (AvgIpc) is 2.91. The SMILES string of the molecule is Cc1ccc2cccc(OCc3c(Cl)ccc(N(C)C(=O)CNS(=O)(=O)C=Cc4ccccc4)c3Cl)c2n1. The number of carbonyl (C=O) groups excluding carboxylic acids is 1. The molecule has 7 nitrogen and oxygen atoms in total. The van der Waals surface area contributed by atoms with E-state index in [0.29, 0.717) is 22.0 Å². The molecule has 1 heterocycles. The first kappa shape index (κ1) is 27.6. The predicted octanol–water partition coefficient (Wildman–Crippen LogP) is 5.98. The minimum atomic E-state index is -3.83. The van der Waals surface area contributed by atoms with Gasteiger partial charge in [0.2, 0.25) is 15.9 Å². The van der Waals surface area contributed by atoms with Crippen molar-refractivity contribution in [3.8, 4) is 5.75 Å². The Kier molecular flexibility index (Phi) is 8.69. The van der Waals surface area contributed by atoms with E-state index >= 15 is 0 Å². The lowest BCUT2D eigenvalue weighted by molar-refractivity contribution is -0.117. The lowest BCUT2D eigenvalue weighted by Crippen LogP contribution is -2.37. The second-order valence-corrected chi connectivity index (χ2v) is 10.9. The van der Waals surface area contributed by atoms with Gasteiger partial charge in [-0.2, -0.15) is 0 Å². The van der Waals surface area contributed by atoms with E-state index in [1.807, 2.05) is 43.3 Å². The maximum Gasteiger partial charge on any atom is 0.241 e. The van der Waals surface area contributed by atoms with Crippen LogP contribution in [0.1, 0.15) is 16.8 Å². The number of anilines is 1. The van der Waals surface area contributed by atoms with Crippen molar-refractivity contribution in [1.29, 1.82) is 0 Å². The third kappa shape index (κ3) is 6.71. The van der Waals surface area contributed by atoms with Gasteiger partial charge in [0.1, 0.15) is 17.9 Å². The van der Waals surface area contributed by atoms with E-state index in [0.717, 1.165) is 27.6 Å². The zero-order valence-electron chi connectivity index (χ0n) is 20.7. The highest BCUT2D eigenvalue weighted by Gasteiger charge is 2.20. The van der Waals surface area contributed by atoms with Crippen molar-refractivity contribution in [3.63, 3.8) is 0 Å². The molecule has 10 heteroatoms. The molecule has 0 bridgehead atoms. The van der Waals surface area contributed by atoms with E-state index in [2.05, 4.69) is 9.71 Å². The maximum atomic E-state index is 12.8. The Balaban J connectivity index is 1.46. The van der Waals surface area contributed by atoms with Gasteiger partial charge in [0.05, 0.1) is 17.3 Å². The molecule has 0 aliphatic carbocycles. The zero-order valence-corrected chi connectivity index (χ0v) is 23.0. The summed E-state index contributed by atoms with van der Waals surface area (Å²) in [6.07, 6.45) is 1.45. The van der Waals surface area contributed by atoms with E-state index in [-0.39, 0.29) is 11.6 Å². The molecule has 0 spiro atoms. The monoisotopic (exact) mass is 569 g/mol. The Labute approximate surface area is 231 Å². The molecule has 0 aliphatic heterocycles. The van der Waals surface area contributed by atoms with Crippen LogP contribution in [0.25, 0.3) is 17.0 Å².